The molecule has 5 heteroatoms. The fraction of sp³-hybridized carbons (Fsp3) is 0.294. The molecule has 0 fully saturated rings. The summed E-state index contributed by atoms with van der Waals surface area (Å²) >= 11 is 0. The van der Waals surface area contributed by atoms with E-state index < -0.39 is 17.4 Å². The molecule has 1 aromatic carbocycles. The number of allylic oxidation sites excluding steroid dienone is 2. The zero-order chi connectivity index (χ0) is 16.5. The molecule has 0 aliphatic heterocycles. The third-order valence-corrected chi connectivity index (χ3v) is 4.17. The lowest BCUT2D eigenvalue weighted by atomic mass is 9.70. The topological polar surface area (TPSA) is 83.8 Å². The molecule has 0 heterocycles. The number of carbonyl (C=O) groups is 2. The number of carboxylic acids is 2. The molecule has 1 atom stereocenters. The molecule has 1 aliphatic carbocycles. The van der Waals surface area contributed by atoms with Crippen LogP contribution < -0.4 is 4.74 Å². The van der Waals surface area contributed by atoms with Crippen molar-refractivity contribution in [3.8, 4) is 5.75 Å². The van der Waals surface area contributed by atoms with Gasteiger partial charge >= 0.3 is 11.9 Å². The second-order valence-corrected chi connectivity index (χ2v) is 5.39. The van der Waals surface area contributed by atoms with Gasteiger partial charge in [0.1, 0.15) is 11.2 Å². The van der Waals surface area contributed by atoms with E-state index in [-0.39, 0.29) is 12.0 Å². The number of hydrogen-bond donors (Lipinski definition) is 2. The van der Waals surface area contributed by atoms with Crippen molar-refractivity contribution in [3.63, 3.8) is 0 Å². The van der Waals surface area contributed by atoms with Crippen LogP contribution in [0.15, 0.2) is 41.5 Å². The van der Waals surface area contributed by atoms with Crippen LogP contribution >= 0.6 is 0 Å². The molecule has 0 saturated heterocycles. The van der Waals surface area contributed by atoms with E-state index in [0.717, 1.165) is 0 Å². The monoisotopic (exact) mass is 302 g/mol. The van der Waals surface area contributed by atoms with E-state index in [9.17, 15) is 19.8 Å². The normalized spacial score (nSPS) is 20.9. The smallest absolute Gasteiger partial charge is 0.331 e. The molecule has 0 radical (unpaired) electrons. The fourth-order valence-electron chi connectivity index (χ4n) is 2.86. The van der Waals surface area contributed by atoms with Gasteiger partial charge in [-0.25, -0.2) is 4.79 Å². The average molecular weight is 302 g/mol. The lowest BCUT2D eigenvalue weighted by molar-refractivity contribution is -0.142. The molecule has 1 unspecified atom stereocenters. The van der Waals surface area contributed by atoms with Crippen molar-refractivity contribution in [2.24, 2.45) is 0 Å². The summed E-state index contributed by atoms with van der Waals surface area (Å²) in [4.78, 5) is 23.4. The molecule has 0 amide bonds. The van der Waals surface area contributed by atoms with Crippen molar-refractivity contribution in [1.82, 2.24) is 0 Å². The van der Waals surface area contributed by atoms with Gasteiger partial charge in [0.2, 0.25) is 0 Å². The maximum atomic E-state index is 12.0. The Labute approximate surface area is 128 Å². The predicted molar refractivity (Wildman–Crippen MR) is 81.1 cm³/mol. The summed E-state index contributed by atoms with van der Waals surface area (Å²) in [7, 11) is 1.52. The van der Waals surface area contributed by atoms with Crippen LogP contribution in [0.3, 0.4) is 0 Å². The van der Waals surface area contributed by atoms with Crippen LogP contribution in [0.4, 0.5) is 0 Å². The average Bonchev–Trinajstić information content (AvgIpc) is 2.48. The lowest BCUT2D eigenvalue weighted by Gasteiger charge is -2.32. The van der Waals surface area contributed by atoms with E-state index >= 15 is 0 Å². The predicted octanol–water partition coefficient (Wildman–Crippen LogP) is 2.69. The highest BCUT2D eigenvalue weighted by Gasteiger charge is 2.43. The molecule has 0 aromatic heterocycles. The summed E-state index contributed by atoms with van der Waals surface area (Å²) in [5, 5.41) is 19.1. The Morgan fingerprint density at radius 2 is 1.91 bits per heavy atom. The van der Waals surface area contributed by atoms with Gasteiger partial charge in [-0.3, -0.25) is 4.79 Å². The quantitative estimate of drug-likeness (QED) is 0.893. The SMILES string of the molecule is COc1cccc(C2(C(=O)O)C=CC(C)=C(C(=O)O)C2)c1C. The van der Waals surface area contributed by atoms with Crippen LogP contribution in [0.5, 0.6) is 5.75 Å². The molecular weight excluding hydrogens is 284 g/mol. The van der Waals surface area contributed by atoms with Gasteiger partial charge in [-0.15, -0.1) is 0 Å². The number of ether oxygens (including phenoxy) is 1. The van der Waals surface area contributed by atoms with E-state index in [1.165, 1.54) is 7.11 Å². The highest BCUT2D eigenvalue weighted by atomic mass is 16.5. The van der Waals surface area contributed by atoms with E-state index in [2.05, 4.69) is 0 Å². The van der Waals surface area contributed by atoms with Crippen LogP contribution in [-0.4, -0.2) is 29.3 Å². The first-order chi connectivity index (χ1) is 10.3. The molecule has 5 nitrogen and oxygen atoms in total. The van der Waals surface area contributed by atoms with Crippen LogP contribution in [-0.2, 0) is 15.0 Å². The van der Waals surface area contributed by atoms with Gasteiger partial charge < -0.3 is 14.9 Å². The third-order valence-electron chi connectivity index (χ3n) is 4.17. The summed E-state index contributed by atoms with van der Waals surface area (Å²) < 4.78 is 5.25. The van der Waals surface area contributed by atoms with Crippen molar-refractivity contribution in [3.05, 3.63) is 52.6 Å². The Bertz CT molecular complexity index is 699. The molecule has 2 rings (SSSR count). The van der Waals surface area contributed by atoms with E-state index in [1.807, 2.05) is 0 Å². The van der Waals surface area contributed by atoms with E-state index in [0.29, 0.717) is 22.4 Å². The Morgan fingerprint density at radius 1 is 1.23 bits per heavy atom. The van der Waals surface area contributed by atoms with Crippen molar-refractivity contribution in [2.45, 2.75) is 25.7 Å². The highest BCUT2D eigenvalue weighted by molar-refractivity contribution is 5.94. The number of aliphatic carboxylic acids is 2. The Hall–Kier alpha value is -2.56. The van der Waals surface area contributed by atoms with Crippen LogP contribution in [0, 0.1) is 6.92 Å². The molecule has 1 aliphatic rings. The fourth-order valence-corrected chi connectivity index (χ4v) is 2.86. The molecule has 1 aromatic rings. The third kappa shape index (κ3) is 2.39. The van der Waals surface area contributed by atoms with Gasteiger partial charge in [-0.05, 0) is 36.6 Å². The first kappa shape index (κ1) is 15.8. The van der Waals surface area contributed by atoms with Crippen LogP contribution in [0.25, 0.3) is 0 Å². The van der Waals surface area contributed by atoms with Crippen molar-refractivity contribution in [1.29, 1.82) is 0 Å². The number of hydrogen-bond acceptors (Lipinski definition) is 3. The summed E-state index contributed by atoms with van der Waals surface area (Å²) in [6.45, 7) is 3.45. The van der Waals surface area contributed by atoms with Gasteiger partial charge in [0, 0.05) is 12.0 Å². The molecule has 22 heavy (non-hydrogen) atoms. The summed E-state index contributed by atoms with van der Waals surface area (Å²) in [5.74, 6) is -1.59. The molecule has 2 N–H and O–H groups in total. The van der Waals surface area contributed by atoms with Gasteiger partial charge in [-0.1, -0.05) is 24.3 Å². The Kier molecular flexibility index (Phi) is 4.08. The van der Waals surface area contributed by atoms with Crippen molar-refractivity contribution >= 4 is 11.9 Å². The van der Waals surface area contributed by atoms with Gasteiger partial charge in [0.15, 0.2) is 0 Å². The number of rotatable bonds is 4. The minimum absolute atomic E-state index is 0.0893. The lowest BCUT2D eigenvalue weighted by Crippen LogP contribution is -2.37. The zero-order valence-electron chi connectivity index (χ0n) is 12.7. The van der Waals surface area contributed by atoms with Gasteiger partial charge in [0.05, 0.1) is 7.11 Å². The number of methoxy groups -OCH3 is 1. The minimum atomic E-state index is -1.40. The first-order valence-electron chi connectivity index (χ1n) is 6.83. The summed E-state index contributed by atoms with van der Waals surface area (Å²) in [6.07, 6.45) is 3.05. The molecule has 0 spiro atoms. The summed E-state index contributed by atoms with van der Waals surface area (Å²) in [6, 6.07) is 5.17. The highest BCUT2D eigenvalue weighted by Crippen LogP contribution is 2.41. The number of carboxylic acid groups (broad SMARTS) is 2. The molecule has 0 bridgehead atoms. The van der Waals surface area contributed by atoms with Crippen molar-refractivity contribution in [2.75, 3.05) is 7.11 Å². The van der Waals surface area contributed by atoms with Crippen LogP contribution in [0.1, 0.15) is 24.5 Å². The minimum Gasteiger partial charge on any atom is -0.496 e. The Balaban J connectivity index is 2.66. The molecular formula is C17H18O5. The molecule has 0 saturated carbocycles. The first-order valence-corrected chi connectivity index (χ1v) is 6.83. The maximum Gasteiger partial charge on any atom is 0.331 e. The Morgan fingerprint density at radius 3 is 2.45 bits per heavy atom. The zero-order valence-corrected chi connectivity index (χ0v) is 12.7. The second-order valence-electron chi connectivity index (χ2n) is 5.39. The largest absolute Gasteiger partial charge is 0.496 e. The van der Waals surface area contributed by atoms with E-state index in [1.54, 1.807) is 44.2 Å². The van der Waals surface area contributed by atoms with E-state index in [4.69, 9.17) is 4.74 Å². The molecule has 116 valence electrons. The summed E-state index contributed by atoms with van der Waals surface area (Å²) in [5.41, 5.74) is 0.534. The standard InChI is InChI=1S/C17H18O5/c1-10-7-8-17(16(20)21,9-12(10)15(18)19)13-5-4-6-14(22-3)11(13)2/h4-8H,9H2,1-3H3,(H,18,19)(H,20,21). The second kappa shape index (κ2) is 5.67. The van der Waals surface area contributed by atoms with Gasteiger partial charge in [0.25, 0.3) is 0 Å². The van der Waals surface area contributed by atoms with Crippen LogP contribution in [0.2, 0.25) is 0 Å². The number of benzene rings is 1. The van der Waals surface area contributed by atoms with Gasteiger partial charge in [-0.2, -0.15) is 0 Å². The maximum absolute atomic E-state index is 12.0. The van der Waals surface area contributed by atoms with Crippen molar-refractivity contribution < 1.29 is 24.5 Å².